The Labute approximate surface area is 126 Å². The fraction of sp³-hybridized carbons (Fsp3) is 0.647. The fourth-order valence-electron chi connectivity index (χ4n) is 4.29. The number of benzene rings is 1. The molecule has 3 aliphatic heterocycles. The summed E-state index contributed by atoms with van der Waals surface area (Å²) in [5.74, 6) is 1.16. The Morgan fingerprint density at radius 1 is 1.19 bits per heavy atom. The van der Waals surface area contributed by atoms with E-state index < -0.39 is 0 Å². The number of phenols is 1. The van der Waals surface area contributed by atoms with Gasteiger partial charge >= 0.3 is 0 Å². The topological polar surface area (TPSA) is 44.7 Å². The van der Waals surface area contributed by atoms with Crippen molar-refractivity contribution in [3.8, 4) is 11.5 Å². The molecule has 114 valence electrons. The summed E-state index contributed by atoms with van der Waals surface area (Å²) in [6, 6.07) is 7.21. The summed E-state index contributed by atoms with van der Waals surface area (Å²) in [5.41, 5.74) is 1.25. The van der Waals surface area contributed by atoms with Crippen molar-refractivity contribution >= 4 is 0 Å². The number of hydrogen-bond donors (Lipinski definition) is 2. The summed E-state index contributed by atoms with van der Waals surface area (Å²) < 4.78 is 5.83. The number of aromatic hydroxyl groups is 1. The zero-order valence-electron chi connectivity index (χ0n) is 12.4. The van der Waals surface area contributed by atoms with Crippen LogP contribution in [0, 0.1) is 0 Å². The number of ether oxygens (including phenoxy) is 1. The standard InChI is InChI=1S/C17H24N2O2/c20-12-6-7-13-16(11-21-17(13)10-12)19-9-2-1-5-15(19)14-4-3-8-18-14/h6-7,10,14-16,18,20H,1-5,8-9,11H2. The number of likely N-dealkylation sites (tertiary alicyclic amines) is 1. The minimum atomic E-state index is 0.294. The van der Waals surface area contributed by atoms with Crippen LogP contribution in [0.3, 0.4) is 0 Å². The highest BCUT2D eigenvalue weighted by molar-refractivity contribution is 5.44. The zero-order valence-corrected chi connectivity index (χ0v) is 12.4. The number of rotatable bonds is 2. The zero-order chi connectivity index (χ0) is 14.2. The summed E-state index contributed by atoms with van der Waals surface area (Å²) in [7, 11) is 0. The number of fused-ring (bicyclic) bond motifs is 1. The molecule has 0 radical (unpaired) electrons. The Balaban J connectivity index is 1.60. The van der Waals surface area contributed by atoms with E-state index in [0.717, 1.165) is 18.9 Å². The maximum atomic E-state index is 9.61. The average Bonchev–Trinajstić information content (AvgIpc) is 3.16. The third-order valence-electron chi connectivity index (χ3n) is 5.31. The molecule has 0 amide bonds. The van der Waals surface area contributed by atoms with Gasteiger partial charge in [-0.1, -0.05) is 6.42 Å². The van der Waals surface area contributed by atoms with Gasteiger partial charge in [-0.15, -0.1) is 0 Å². The molecule has 2 saturated heterocycles. The van der Waals surface area contributed by atoms with Gasteiger partial charge in [0.2, 0.25) is 0 Å². The van der Waals surface area contributed by atoms with Crippen LogP contribution in [0.25, 0.3) is 0 Å². The molecule has 2 N–H and O–H groups in total. The third-order valence-corrected chi connectivity index (χ3v) is 5.31. The molecule has 1 aromatic rings. The van der Waals surface area contributed by atoms with Crippen LogP contribution in [0.5, 0.6) is 11.5 Å². The van der Waals surface area contributed by atoms with Gasteiger partial charge < -0.3 is 15.2 Å². The molecular formula is C17H24N2O2. The minimum absolute atomic E-state index is 0.294. The maximum absolute atomic E-state index is 9.61. The third kappa shape index (κ3) is 2.40. The first-order chi connectivity index (χ1) is 10.3. The normalized spacial score (nSPS) is 32.9. The first-order valence-corrected chi connectivity index (χ1v) is 8.28. The van der Waals surface area contributed by atoms with E-state index in [-0.39, 0.29) is 0 Å². The summed E-state index contributed by atoms with van der Waals surface area (Å²) in [6.07, 6.45) is 6.53. The van der Waals surface area contributed by atoms with Crippen LogP contribution in [0.1, 0.15) is 43.7 Å². The van der Waals surface area contributed by atoms with E-state index in [2.05, 4.69) is 10.2 Å². The second-order valence-corrected chi connectivity index (χ2v) is 6.55. The predicted molar refractivity (Wildman–Crippen MR) is 81.7 cm³/mol. The highest BCUT2D eigenvalue weighted by atomic mass is 16.5. The summed E-state index contributed by atoms with van der Waals surface area (Å²) in [4.78, 5) is 2.66. The van der Waals surface area contributed by atoms with E-state index in [0.29, 0.717) is 23.9 Å². The summed E-state index contributed by atoms with van der Waals surface area (Å²) >= 11 is 0. The Morgan fingerprint density at radius 3 is 3.00 bits per heavy atom. The highest BCUT2D eigenvalue weighted by Crippen LogP contribution is 2.41. The lowest BCUT2D eigenvalue weighted by atomic mass is 9.91. The molecule has 4 heteroatoms. The molecule has 1 aromatic carbocycles. The van der Waals surface area contributed by atoms with Gasteiger partial charge in [-0.05, 0) is 50.9 Å². The second-order valence-electron chi connectivity index (χ2n) is 6.55. The van der Waals surface area contributed by atoms with Crippen molar-refractivity contribution in [1.29, 1.82) is 0 Å². The quantitative estimate of drug-likeness (QED) is 0.877. The minimum Gasteiger partial charge on any atom is -0.508 e. The number of nitrogens with zero attached hydrogens (tertiary/aromatic N) is 1. The summed E-state index contributed by atoms with van der Waals surface area (Å²) in [5, 5.41) is 13.3. The number of nitrogens with one attached hydrogen (secondary N) is 1. The molecule has 0 bridgehead atoms. The highest BCUT2D eigenvalue weighted by Gasteiger charge is 2.39. The first kappa shape index (κ1) is 13.4. The fourth-order valence-corrected chi connectivity index (χ4v) is 4.29. The molecule has 4 nitrogen and oxygen atoms in total. The van der Waals surface area contributed by atoms with Crippen LogP contribution in [0.4, 0.5) is 0 Å². The van der Waals surface area contributed by atoms with E-state index >= 15 is 0 Å². The largest absolute Gasteiger partial charge is 0.508 e. The molecule has 0 aromatic heterocycles. The molecule has 0 aliphatic carbocycles. The van der Waals surface area contributed by atoms with Gasteiger partial charge in [-0.3, -0.25) is 4.90 Å². The lowest BCUT2D eigenvalue weighted by Crippen LogP contribution is -2.51. The lowest BCUT2D eigenvalue weighted by molar-refractivity contribution is 0.0612. The molecular weight excluding hydrogens is 264 g/mol. The van der Waals surface area contributed by atoms with Gasteiger partial charge in [0.15, 0.2) is 0 Å². The van der Waals surface area contributed by atoms with Crippen molar-refractivity contribution in [2.24, 2.45) is 0 Å². The molecule has 21 heavy (non-hydrogen) atoms. The van der Waals surface area contributed by atoms with Crippen LogP contribution < -0.4 is 10.1 Å². The van der Waals surface area contributed by atoms with Crippen molar-refractivity contribution in [2.75, 3.05) is 19.7 Å². The van der Waals surface area contributed by atoms with Crippen molar-refractivity contribution in [1.82, 2.24) is 10.2 Å². The van der Waals surface area contributed by atoms with Crippen molar-refractivity contribution < 1.29 is 9.84 Å². The molecule has 4 rings (SSSR count). The molecule has 2 fully saturated rings. The Kier molecular flexibility index (Phi) is 3.51. The van der Waals surface area contributed by atoms with Gasteiger partial charge in [0.25, 0.3) is 0 Å². The van der Waals surface area contributed by atoms with Crippen LogP contribution in [-0.2, 0) is 0 Å². The average molecular weight is 288 g/mol. The van der Waals surface area contributed by atoms with Crippen LogP contribution in [-0.4, -0.2) is 41.8 Å². The van der Waals surface area contributed by atoms with Gasteiger partial charge in [0, 0.05) is 23.7 Å². The molecule has 3 atom stereocenters. The van der Waals surface area contributed by atoms with Crippen molar-refractivity contribution in [3.63, 3.8) is 0 Å². The van der Waals surface area contributed by atoms with Crippen LogP contribution >= 0.6 is 0 Å². The smallest absolute Gasteiger partial charge is 0.127 e. The van der Waals surface area contributed by atoms with E-state index in [1.807, 2.05) is 6.07 Å². The lowest BCUT2D eigenvalue weighted by Gasteiger charge is -2.42. The first-order valence-electron chi connectivity index (χ1n) is 8.28. The Morgan fingerprint density at radius 2 is 2.14 bits per heavy atom. The summed E-state index contributed by atoms with van der Waals surface area (Å²) in [6.45, 7) is 3.06. The molecule has 0 spiro atoms. The molecule has 3 aliphatic rings. The van der Waals surface area contributed by atoms with Crippen molar-refractivity contribution in [3.05, 3.63) is 23.8 Å². The molecule has 3 unspecified atom stereocenters. The monoisotopic (exact) mass is 288 g/mol. The molecule has 0 saturated carbocycles. The number of phenolic OH excluding ortho intramolecular Hbond substituents is 1. The van der Waals surface area contributed by atoms with E-state index in [4.69, 9.17) is 4.74 Å². The van der Waals surface area contributed by atoms with Crippen LogP contribution in [0.2, 0.25) is 0 Å². The van der Waals surface area contributed by atoms with Gasteiger partial charge in [0.05, 0.1) is 6.04 Å². The predicted octanol–water partition coefficient (Wildman–Crippen LogP) is 2.43. The van der Waals surface area contributed by atoms with E-state index in [1.54, 1.807) is 12.1 Å². The van der Waals surface area contributed by atoms with Gasteiger partial charge in [0.1, 0.15) is 18.1 Å². The Hall–Kier alpha value is -1.26. The van der Waals surface area contributed by atoms with Crippen LogP contribution in [0.15, 0.2) is 18.2 Å². The number of hydrogen-bond acceptors (Lipinski definition) is 4. The van der Waals surface area contributed by atoms with Gasteiger partial charge in [-0.25, -0.2) is 0 Å². The van der Waals surface area contributed by atoms with E-state index in [1.165, 1.54) is 44.2 Å². The molecule has 3 heterocycles. The Bertz CT molecular complexity index is 514. The van der Waals surface area contributed by atoms with Gasteiger partial charge in [-0.2, -0.15) is 0 Å². The maximum Gasteiger partial charge on any atom is 0.127 e. The SMILES string of the molecule is Oc1ccc2c(c1)OCC2N1CCCCC1C1CCCN1. The number of piperidine rings is 1. The second kappa shape index (κ2) is 5.50. The van der Waals surface area contributed by atoms with Crippen molar-refractivity contribution in [2.45, 2.75) is 50.2 Å². The van der Waals surface area contributed by atoms with E-state index in [9.17, 15) is 5.11 Å².